The van der Waals surface area contributed by atoms with Crippen LogP contribution in [0.3, 0.4) is 0 Å². The van der Waals surface area contributed by atoms with Gasteiger partial charge in [-0.15, -0.1) is 0 Å². The molecule has 0 aliphatic rings. The Labute approximate surface area is 400 Å². The fourth-order valence-electron chi connectivity index (χ4n) is 8.78. The van der Waals surface area contributed by atoms with Crippen LogP contribution in [-0.2, 0) is 0 Å². The molecule has 10 aromatic heterocycles. The summed E-state index contributed by atoms with van der Waals surface area (Å²) in [6.45, 7) is 10.2. The van der Waals surface area contributed by atoms with Crippen molar-refractivity contribution in [1.29, 1.82) is 0 Å². The summed E-state index contributed by atoms with van der Waals surface area (Å²) in [6.07, 6.45) is 7.10. The second-order valence-electron chi connectivity index (χ2n) is 17.1. The molecule has 0 radical (unpaired) electrons. The van der Waals surface area contributed by atoms with Crippen molar-refractivity contribution in [2.24, 2.45) is 0 Å². The van der Waals surface area contributed by atoms with Crippen LogP contribution < -0.4 is 0 Å². The molecule has 0 aliphatic carbocycles. The molecule has 5 aromatic carbocycles. The minimum absolute atomic E-state index is 0.716. The van der Waals surface area contributed by atoms with E-state index in [1.165, 1.54) is 22.1 Å². The number of furan rings is 5. The molecule has 70 heavy (non-hydrogen) atoms. The lowest BCUT2D eigenvalue weighted by Gasteiger charge is -1.92. The van der Waals surface area contributed by atoms with Crippen molar-refractivity contribution >= 4 is 110 Å². The molecule has 0 bridgehead atoms. The zero-order valence-corrected chi connectivity index (χ0v) is 39.1. The summed E-state index contributed by atoms with van der Waals surface area (Å²) in [5.74, 6) is 0. The summed E-state index contributed by atoms with van der Waals surface area (Å²) in [5.41, 5.74) is 14.0. The lowest BCUT2D eigenvalue weighted by Crippen LogP contribution is -1.77. The lowest BCUT2D eigenvalue weighted by atomic mass is 10.1. The van der Waals surface area contributed by atoms with Crippen LogP contribution >= 0.6 is 0 Å². The molecule has 0 unspecified atom stereocenters. The summed E-state index contributed by atoms with van der Waals surface area (Å²) < 4.78 is 28.1. The third kappa shape index (κ3) is 8.43. The van der Waals surface area contributed by atoms with Gasteiger partial charge < -0.3 is 22.1 Å². The van der Waals surface area contributed by atoms with Gasteiger partial charge in [0.2, 0.25) is 28.6 Å². The summed E-state index contributed by atoms with van der Waals surface area (Å²) in [4.78, 5) is 21.2. The van der Waals surface area contributed by atoms with Gasteiger partial charge >= 0.3 is 0 Å². The van der Waals surface area contributed by atoms with Gasteiger partial charge in [0, 0.05) is 79.0 Å². The van der Waals surface area contributed by atoms with E-state index >= 15 is 0 Å². The first kappa shape index (κ1) is 43.4. The third-order valence-corrected chi connectivity index (χ3v) is 12.1. The van der Waals surface area contributed by atoms with Crippen LogP contribution in [-0.4, -0.2) is 24.9 Å². The summed E-state index contributed by atoms with van der Waals surface area (Å²) in [5, 5.41) is 11.2. The number of hydrogen-bond acceptors (Lipinski definition) is 10. The molecule has 340 valence electrons. The quantitative estimate of drug-likeness (QED) is 0.145. The van der Waals surface area contributed by atoms with Crippen LogP contribution in [0.15, 0.2) is 205 Å². The maximum Gasteiger partial charge on any atom is 0.227 e. The summed E-state index contributed by atoms with van der Waals surface area (Å²) >= 11 is 0. The predicted molar refractivity (Wildman–Crippen MR) is 281 cm³/mol. The maximum absolute atomic E-state index is 5.62. The average Bonchev–Trinajstić information content (AvgIpc) is 4.21. The lowest BCUT2D eigenvalue weighted by molar-refractivity contribution is 0.652. The Morgan fingerprint density at radius 1 is 0.300 bits per heavy atom. The molecule has 15 rings (SSSR count). The van der Waals surface area contributed by atoms with E-state index in [2.05, 4.69) is 88.2 Å². The number of aromatic nitrogens is 5. The zero-order valence-electron chi connectivity index (χ0n) is 39.1. The van der Waals surface area contributed by atoms with E-state index in [0.29, 0.717) is 5.71 Å². The molecule has 0 saturated heterocycles. The van der Waals surface area contributed by atoms with Crippen molar-refractivity contribution in [3.05, 3.63) is 210 Å². The summed E-state index contributed by atoms with van der Waals surface area (Å²) in [6, 6.07) is 52.4. The van der Waals surface area contributed by atoms with E-state index in [9.17, 15) is 0 Å². The molecule has 0 amide bonds. The number of nitrogens with zero attached hydrogens (tertiary/aromatic N) is 5. The Morgan fingerprint density at radius 3 is 1.57 bits per heavy atom. The number of pyridine rings is 5. The van der Waals surface area contributed by atoms with Gasteiger partial charge in [-0.05, 0) is 136 Å². The van der Waals surface area contributed by atoms with Crippen molar-refractivity contribution in [2.45, 2.75) is 34.6 Å². The highest BCUT2D eigenvalue weighted by Crippen LogP contribution is 2.32. The standard InChI is InChI=1S/5C12H9NO/c1-8-4-2-6-10-11(8)9-5-3-7-13-12(9)14-10;1-8-4-5-11-10(7-8)9-3-2-6-13-12(9)14-11;1-8-6-10-9-4-2-3-5-11(9)14-12(10)13-7-8;1-8-6-7-10-9-4-2-3-5-11(9)14-12(10)13-8;1-8-6-7-13-12-11(8)9-4-2-3-5-10(9)14-12/h5*2-7H,1H3. The van der Waals surface area contributed by atoms with Crippen LogP contribution in [0.2, 0.25) is 0 Å². The van der Waals surface area contributed by atoms with Crippen LogP contribution in [0.4, 0.5) is 0 Å². The minimum Gasteiger partial charge on any atom is -0.438 e. The Morgan fingerprint density at radius 2 is 0.814 bits per heavy atom. The van der Waals surface area contributed by atoms with E-state index < -0.39 is 0 Å². The van der Waals surface area contributed by atoms with Crippen LogP contribution in [0.25, 0.3) is 110 Å². The number of fused-ring (bicyclic) bond motifs is 15. The van der Waals surface area contributed by atoms with Gasteiger partial charge in [-0.3, -0.25) is 0 Å². The molecule has 10 heteroatoms. The third-order valence-electron chi connectivity index (χ3n) is 12.1. The van der Waals surface area contributed by atoms with Gasteiger partial charge in [0.05, 0.1) is 5.39 Å². The Kier molecular flexibility index (Phi) is 11.5. The average molecular weight is 916 g/mol. The Hall–Kier alpha value is -9.15. The van der Waals surface area contributed by atoms with Gasteiger partial charge in [-0.25, -0.2) is 24.9 Å². The first-order chi connectivity index (χ1) is 34.3. The molecule has 15 aromatic rings. The second-order valence-corrected chi connectivity index (χ2v) is 17.1. The molecule has 0 aliphatic heterocycles. The maximum atomic E-state index is 5.62. The van der Waals surface area contributed by atoms with E-state index in [1.807, 2.05) is 135 Å². The van der Waals surface area contributed by atoms with Crippen molar-refractivity contribution in [3.63, 3.8) is 0 Å². The van der Waals surface area contributed by atoms with E-state index in [4.69, 9.17) is 22.1 Å². The van der Waals surface area contributed by atoms with Gasteiger partial charge in [-0.1, -0.05) is 78.4 Å². The van der Waals surface area contributed by atoms with Crippen molar-refractivity contribution in [2.75, 3.05) is 0 Å². The van der Waals surface area contributed by atoms with E-state index in [1.54, 1.807) is 18.6 Å². The molecule has 0 fully saturated rings. The first-order valence-corrected chi connectivity index (χ1v) is 22.9. The van der Waals surface area contributed by atoms with Crippen LogP contribution in [0.5, 0.6) is 0 Å². The fourth-order valence-corrected chi connectivity index (χ4v) is 8.78. The van der Waals surface area contributed by atoms with Gasteiger partial charge in [0.1, 0.15) is 27.9 Å². The molecule has 10 nitrogen and oxygen atoms in total. The SMILES string of the molecule is Cc1ccc2c(n1)oc1ccccc12.Cc1ccc2oc3ncccc3c2c1.Cc1cccc2oc3ncccc3c12.Cc1ccnc2oc3ccccc3c12.Cc1cnc2oc3ccccc3c2c1. The highest BCUT2D eigenvalue weighted by molar-refractivity contribution is 6.07. The van der Waals surface area contributed by atoms with Crippen molar-refractivity contribution in [3.8, 4) is 0 Å². The highest BCUT2D eigenvalue weighted by atomic mass is 16.4. The van der Waals surface area contributed by atoms with E-state index in [-0.39, 0.29) is 0 Å². The fraction of sp³-hybridized carbons (Fsp3) is 0.0833. The number of para-hydroxylation sites is 3. The predicted octanol–water partition coefficient (Wildman–Crippen LogP) is 16.4. The van der Waals surface area contributed by atoms with Crippen LogP contribution in [0.1, 0.15) is 27.9 Å². The van der Waals surface area contributed by atoms with Crippen molar-refractivity contribution in [1.82, 2.24) is 24.9 Å². The second kappa shape index (κ2) is 18.5. The smallest absolute Gasteiger partial charge is 0.227 e. The molecule has 10 heterocycles. The van der Waals surface area contributed by atoms with E-state index in [0.717, 1.165) is 111 Å². The first-order valence-electron chi connectivity index (χ1n) is 22.9. The van der Waals surface area contributed by atoms with Gasteiger partial charge in [0.25, 0.3) is 0 Å². The Bertz CT molecular complexity index is 4110. The number of hydrogen-bond donors (Lipinski definition) is 0. The molecule has 0 atom stereocenters. The Balaban J connectivity index is 0.0000000952. The largest absolute Gasteiger partial charge is 0.438 e. The summed E-state index contributed by atoms with van der Waals surface area (Å²) in [7, 11) is 0. The number of rotatable bonds is 0. The molecule has 0 spiro atoms. The zero-order chi connectivity index (χ0) is 47.7. The molecule has 0 N–H and O–H groups in total. The number of aryl methyl sites for hydroxylation is 5. The topological polar surface area (TPSA) is 130 Å². The van der Waals surface area contributed by atoms with Gasteiger partial charge in [0.15, 0.2) is 0 Å². The normalized spacial score (nSPS) is 11.2. The monoisotopic (exact) mass is 915 g/mol. The number of benzene rings is 5. The highest BCUT2D eigenvalue weighted by Gasteiger charge is 2.11. The van der Waals surface area contributed by atoms with Crippen molar-refractivity contribution < 1.29 is 22.1 Å². The van der Waals surface area contributed by atoms with Crippen LogP contribution in [0, 0.1) is 34.6 Å². The molecule has 0 saturated carbocycles. The van der Waals surface area contributed by atoms with Gasteiger partial charge in [-0.2, -0.15) is 0 Å². The molecular weight excluding hydrogens is 871 g/mol. The minimum atomic E-state index is 0.716. The molecular formula is C60H45N5O5.